The number of pyridine rings is 1. The summed E-state index contributed by atoms with van der Waals surface area (Å²) in [5, 5.41) is 6.03. The summed E-state index contributed by atoms with van der Waals surface area (Å²) in [5.41, 5.74) is 3.84. The lowest BCUT2D eigenvalue weighted by Gasteiger charge is -2.31. The van der Waals surface area contributed by atoms with Gasteiger partial charge in [-0.1, -0.05) is 11.2 Å². The van der Waals surface area contributed by atoms with E-state index in [2.05, 4.69) is 10.1 Å². The van der Waals surface area contributed by atoms with Crippen LogP contribution in [0.3, 0.4) is 0 Å². The molecule has 3 aromatic heterocycles. The second-order valence-corrected chi connectivity index (χ2v) is 8.84. The minimum Gasteiger partial charge on any atom is -0.615 e. The summed E-state index contributed by atoms with van der Waals surface area (Å²) in [4.78, 5) is 7.79. The van der Waals surface area contributed by atoms with Crippen molar-refractivity contribution in [2.24, 2.45) is 0 Å². The first kappa shape index (κ1) is 14.8. The summed E-state index contributed by atoms with van der Waals surface area (Å²) < 4.78 is 28.8. The first-order chi connectivity index (χ1) is 11.0. The Morgan fingerprint density at radius 3 is 2.87 bits per heavy atom. The fourth-order valence-electron chi connectivity index (χ4n) is 2.75. The molecular weight excluding hydrogens is 334 g/mol. The van der Waals surface area contributed by atoms with E-state index in [4.69, 9.17) is 4.52 Å². The van der Waals surface area contributed by atoms with Gasteiger partial charge in [-0.3, -0.25) is 0 Å². The van der Waals surface area contributed by atoms with E-state index in [-0.39, 0.29) is 11.5 Å². The molecule has 0 saturated carbocycles. The van der Waals surface area contributed by atoms with Crippen LogP contribution in [-0.2, 0) is 14.4 Å². The van der Waals surface area contributed by atoms with Gasteiger partial charge in [0.2, 0.25) is 5.58 Å². The largest absolute Gasteiger partial charge is 0.615 e. The van der Waals surface area contributed by atoms with Crippen molar-refractivity contribution in [3.8, 4) is 10.6 Å². The van der Waals surface area contributed by atoms with Gasteiger partial charge in [0.25, 0.3) is 0 Å². The third-order valence-corrected chi connectivity index (χ3v) is 6.53. The molecule has 0 atom stereocenters. The van der Waals surface area contributed by atoms with Gasteiger partial charge in [0.05, 0.1) is 39.6 Å². The van der Waals surface area contributed by atoms with E-state index in [0.29, 0.717) is 18.7 Å². The quantitative estimate of drug-likeness (QED) is 0.662. The summed E-state index contributed by atoms with van der Waals surface area (Å²) in [6.45, 7) is 2.79. The molecule has 3 aromatic rings. The van der Waals surface area contributed by atoms with E-state index < -0.39 is 10.2 Å². The molecule has 4 rings (SSSR count). The average molecular weight is 349 g/mol. The van der Waals surface area contributed by atoms with Crippen LogP contribution in [0.4, 0.5) is 5.69 Å². The highest BCUT2D eigenvalue weighted by atomic mass is 32.3. The molecule has 1 saturated heterocycles. The van der Waals surface area contributed by atoms with Crippen molar-refractivity contribution in [1.29, 1.82) is 0 Å². The number of hydrogen-bond donors (Lipinski definition) is 0. The number of fused-ring (bicyclic) bond motifs is 1. The average Bonchev–Trinajstić information content (AvgIpc) is 3.17. The number of sulfone groups is 1. The molecule has 8 heteroatoms. The zero-order valence-electron chi connectivity index (χ0n) is 12.5. The Morgan fingerprint density at radius 2 is 2.17 bits per heavy atom. The Hall–Kier alpha value is -1.77. The number of nitrogens with zero attached hydrogens (tertiary/aromatic N) is 3. The highest BCUT2D eigenvalue weighted by Crippen LogP contribution is 2.34. The van der Waals surface area contributed by atoms with E-state index in [1.165, 1.54) is 0 Å². The number of hydrogen-bond acceptors (Lipinski definition) is 7. The van der Waals surface area contributed by atoms with Crippen LogP contribution in [0.2, 0.25) is 0 Å². The second-order valence-electron chi connectivity index (χ2n) is 5.59. The van der Waals surface area contributed by atoms with Gasteiger partial charge in [-0.2, -0.15) is 0 Å². The molecule has 1 aliphatic heterocycles. The van der Waals surface area contributed by atoms with E-state index in [1.54, 1.807) is 11.3 Å². The monoisotopic (exact) mass is 349 g/mol. The van der Waals surface area contributed by atoms with Crippen LogP contribution in [-0.4, -0.2) is 39.3 Å². The molecule has 0 N–H and O–H groups in total. The molecular formula is C15H15N3O3S2. The molecule has 0 unspecified atom stereocenters. The Labute approximate surface area is 138 Å². The van der Waals surface area contributed by atoms with Crippen LogP contribution in [0.5, 0.6) is 0 Å². The Kier molecular flexibility index (Phi) is 3.47. The smallest absolute Gasteiger partial charge is 0.208 e. The van der Waals surface area contributed by atoms with Crippen LogP contribution >= 0.6 is 11.3 Å². The second kappa shape index (κ2) is 5.40. The minimum atomic E-state index is -2.93. The lowest BCUT2D eigenvalue weighted by atomic mass is 10.2. The number of rotatable bonds is 2. The molecule has 0 radical (unpaired) electrons. The summed E-state index contributed by atoms with van der Waals surface area (Å²) in [5.74, 6) is 0.330. The third kappa shape index (κ3) is 2.66. The van der Waals surface area contributed by atoms with Gasteiger partial charge < -0.3 is 14.0 Å². The topological polar surface area (TPSA) is 82.3 Å². The number of thiophene rings is 1. The van der Waals surface area contributed by atoms with Crippen molar-refractivity contribution in [1.82, 2.24) is 10.1 Å². The predicted octanol–water partition coefficient (Wildman–Crippen LogP) is 2.71. The van der Waals surface area contributed by atoms with Gasteiger partial charge in [0.1, 0.15) is 22.7 Å². The van der Waals surface area contributed by atoms with Gasteiger partial charge in [-0.05, 0) is 24.4 Å². The first-order valence-electron chi connectivity index (χ1n) is 7.30. The molecule has 0 aromatic carbocycles. The fraction of sp³-hybridized carbons (Fsp3) is 0.333. The Bertz CT molecular complexity index is 892. The van der Waals surface area contributed by atoms with E-state index in [0.717, 1.165) is 27.5 Å². The van der Waals surface area contributed by atoms with Crippen LogP contribution < -0.4 is 4.90 Å². The lowest BCUT2D eigenvalue weighted by Crippen LogP contribution is -2.43. The van der Waals surface area contributed by atoms with Crippen LogP contribution in [0, 0.1) is 6.92 Å². The first-order valence-corrected chi connectivity index (χ1v) is 10.00. The van der Waals surface area contributed by atoms with E-state index in [1.807, 2.05) is 35.4 Å². The van der Waals surface area contributed by atoms with Gasteiger partial charge in [-0.25, -0.2) is 4.98 Å². The SMILES string of the molecule is Cc1noc2c(N3CC[S+](=O)([O-])CC3)cc(-c3cccs3)nc12. The van der Waals surface area contributed by atoms with Crippen molar-refractivity contribution in [3.63, 3.8) is 0 Å². The van der Waals surface area contributed by atoms with Gasteiger partial charge in [0.15, 0.2) is 0 Å². The van der Waals surface area contributed by atoms with E-state index in [9.17, 15) is 8.76 Å². The molecule has 120 valence electrons. The number of aromatic nitrogens is 2. The number of anilines is 1. The highest BCUT2D eigenvalue weighted by Gasteiger charge is 2.28. The highest BCUT2D eigenvalue weighted by molar-refractivity contribution is 7.97. The molecule has 23 heavy (non-hydrogen) atoms. The van der Waals surface area contributed by atoms with Crippen LogP contribution in [0.15, 0.2) is 28.1 Å². The molecule has 0 amide bonds. The molecule has 0 bridgehead atoms. The molecule has 0 aliphatic carbocycles. The van der Waals surface area contributed by atoms with Crippen molar-refractivity contribution in [3.05, 3.63) is 29.3 Å². The Morgan fingerprint density at radius 1 is 1.39 bits per heavy atom. The maximum Gasteiger partial charge on any atom is 0.208 e. The maximum atomic E-state index is 11.7. The zero-order valence-corrected chi connectivity index (χ0v) is 14.2. The maximum absolute atomic E-state index is 11.7. The fourth-order valence-corrected chi connectivity index (χ4v) is 4.64. The number of aryl methyl sites for hydroxylation is 1. The molecule has 1 fully saturated rings. The van der Waals surface area contributed by atoms with Crippen molar-refractivity contribution >= 4 is 38.3 Å². The van der Waals surface area contributed by atoms with Crippen LogP contribution in [0.1, 0.15) is 5.69 Å². The van der Waals surface area contributed by atoms with Crippen molar-refractivity contribution < 1.29 is 13.3 Å². The zero-order chi connectivity index (χ0) is 16.0. The van der Waals surface area contributed by atoms with Crippen molar-refractivity contribution in [2.45, 2.75) is 6.92 Å². The van der Waals surface area contributed by atoms with Crippen molar-refractivity contribution in [2.75, 3.05) is 29.5 Å². The molecule has 0 spiro atoms. The minimum absolute atomic E-state index is 0.165. The predicted molar refractivity (Wildman–Crippen MR) is 90.6 cm³/mol. The van der Waals surface area contributed by atoms with Gasteiger partial charge in [-0.15, -0.1) is 15.5 Å². The summed E-state index contributed by atoms with van der Waals surface area (Å²) in [6.07, 6.45) is 0. The summed E-state index contributed by atoms with van der Waals surface area (Å²) >= 11 is 1.62. The summed E-state index contributed by atoms with van der Waals surface area (Å²) in [7, 11) is -2.93. The van der Waals surface area contributed by atoms with Crippen LogP contribution in [0.25, 0.3) is 21.7 Å². The van der Waals surface area contributed by atoms with Gasteiger partial charge >= 0.3 is 0 Å². The molecule has 1 aliphatic rings. The molecule has 4 heterocycles. The lowest BCUT2D eigenvalue weighted by molar-refractivity contribution is 0.449. The molecule has 6 nitrogen and oxygen atoms in total. The van der Waals surface area contributed by atoms with Gasteiger partial charge in [0, 0.05) is 0 Å². The van der Waals surface area contributed by atoms with E-state index >= 15 is 0 Å². The Balaban J connectivity index is 1.83. The third-order valence-electron chi connectivity index (χ3n) is 4.03. The normalized spacial score (nSPS) is 17.7. The summed E-state index contributed by atoms with van der Waals surface area (Å²) in [6, 6.07) is 5.97. The standard InChI is InChI=1S/C15H15N3O3S2/c1-10-14-15(21-17-10)12(18-4-7-23(19,20)8-5-18)9-11(16-14)13-3-2-6-22-13/h2-3,6,9H,4-5,7-8H2,1H3.